The second-order valence-electron chi connectivity index (χ2n) is 3.09. The largest absolute Gasteiger partial charge is 0.368 e. The number of aromatic amines is 1. The zero-order valence-electron chi connectivity index (χ0n) is 8.82. The number of amides is 1. The smallest absolute Gasteiger partial charge is 0.366 e. The monoisotopic (exact) mass is 227 g/mol. The number of H-pyrrole nitrogens is 1. The highest BCUT2D eigenvalue weighted by molar-refractivity contribution is 5.81. The van der Waals surface area contributed by atoms with Gasteiger partial charge in [0.2, 0.25) is 5.91 Å². The third-order valence-corrected chi connectivity index (χ3v) is 1.81. The van der Waals surface area contributed by atoms with Gasteiger partial charge in [0, 0.05) is 6.54 Å². The Balaban J connectivity index is 2.45. The molecule has 0 radical (unpaired) electrons. The highest BCUT2D eigenvalue weighted by atomic mass is 16.6. The van der Waals surface area contributed by atoms with Gasteiger partial charge in [0.1, 0.15) is 6.20 Å². The van der Waals surface area contributed by atoms with E-state index in [2.05, 4.69) is 20.8 Å². The molecule has 0 aliphatic rings. The summed E-state index contributed by atoms with van der Waals surface area (Å²) in [7, 11) is 0. The number of hydrogen-bond donors (Lipinski definition) is 3. The molecule has 0 spiro atoms. The lowest BCUT2D eigenvalue weighted by Gasteiger charge is -2.04. The van der Waals surface area contributed by atoms with Crippen molar-refractivity contribution in [2.45, 2.75) is 13.3 Å². The maximum absolute atomic E-state index is 11.2. The van der Waals surface area contributed by atoms with Gasteiger partial charge in [-0.3, -0.25) is 4.79 Å². The van der Waals surface area contributed by atoms with Crippen LogP contribution in [0, 0.1) is 10.1 Å². The Morgan fingerprint density at radius 3 is 3.06 bits per heavy atom. The van der Waals surface area contributed by atoms with E-state index in [0.29, 0.717) is 6.54 Å². The zero-order chi connectivity index (χ0) is 12.0. The number of nitrogens with one attached hydrogen (secondary N) is 3. The molecule has 1 amide bonds. The maximum Gasteiger partial charge on any atom is 0.366 e. The lowest BCUT2D eigenvalue weighted by Crippen LogP contribution is -2.30. The van der Waals surface area contributed by atoms with Crippen molar-refractivity contribution in [1.29, 1.82) is 0 Å². The van der Waals surface area contributed by atoms with E-state index in [0.717, 1.165) is 6.42 Å². The van der Waals surface area contributed by atoms with Crippen LogP contribution in [0.2, 0.25) is 0 Å². The molecule has 1 rings (SSSR count). The summed E-state index contributed by atoms with van der Waals surface area (Å²) in [6, 6.07) is 0. The van der Waals surface area contributed by atoms with E-state index in [9.17, 15) is 14.9 Å². The number of nitrogens with zero attached hydrogens (tertiary/aromatic N) is 2. The molecular formula is C8H13N5O3. The van der Waals surface area contributed by atoms with E-state index in [1.54, 1.807) is 0 Å². The standard InChI is InChI=1S/C8H13N5O3/c1-2-3-9-7(14)5-10-6-4-11-12-8(6)13(15)16/h4,10H,2-3,5H2,1H3,(H,9,14)(H,11,12). The Morgan fingerprint density at radius 2 is 2.44 bits per heavy atom. The van der Waals surface area contributed by atoms with Crippen LogP contribution in [0.25, 0.3) is 0 Å². The maximum atomic E-state index is 11.2. The van der Waals surface area contributed by atoms with Crippen LogP contribution in [0.4, 0.5) is 11.5 Å². The van der Waals surface area contributed by atoms with Crippen molar-refractivity contribution in [3.8, 4) is 0 Å². The van der Waals surface area contributed by atoms with Gasteiger partial charge in [-0.25, -0.2) is 0 Å². The molecule has 88 valence electrons. The molecule has 1 heterocycles. The first-order valence-electron chi connectivity index (χ1n) is 4.83. The van der Waals surface area contributed by atoms with Crippen molar-refractivity contribution in [3.05, 3.63) is 16.3 Å². The molecule has 0 aromatic carbocycles. The van der Waals surface area contributed by atoms with Crippen molar-refractivity contribution in [3.63, 3.8) is 0 Å². The molecule has 0 atom stereocenters. The van der Waals surface area contributed by atoms with E-state index < -0.39 is 4.92 Å². The fraction of sp³-hybridized carbons (Fsp3) is 0.500. The molecule has 1 aromatic heterocycles. The van der Waals surface area contributed by atoms with E-state index >= 15 is 0 Å². The Hall–Kier alpha value is -2.12. The van der Waals surface area contributed by atoms with Crippen LogP contribution in [0.3, 0.4) is 0 Å². The number of carbonyl (C=O) groups is 1. The summed E-state index contributed by atoms with van der Waals surface area (Å²) in [4.78, 5) is 21.1. The van der Waals surface area contributed by atoms with Crippen LogP contribution in [0.15, 0.2) is 6.20 Å². The molecule has 3 N–H and O–H groups in total. The number of anilines is 1. The van der Waals surface area contributed by atoms with Crippen LogP contribution >= 0.6 is 0 Å². The molecule has 0 aliphatic heterocycles. The van der Waals surface area contributed by atoms with Gasteiger partial charge in [0.25, 0.3) is 0 Å². The summed E-state index contributed by atoms with van der Waals surface area (Å²) in [5.41, 5.74) is 0.205. The van der Waals surface area contributed by atoms with Gasteiger partial charge in [-0.05, 0) is 11.3 Å². The van der Waals surface area contributed by atoms with Crippen LogP contribution in [-0.4, -0.2) is 34.1 Å². The quantitative estimate of drug-likeness (QED) is 0.476. The first-order chi connectivity index (χ1) is 7.65. The average Bonchev–Trinajstić information content (AvgIpc) is 2.71. The first kappa shape index (κ1) is 12.0. The van der Waals surface area contributed by atoms with E-state index in [4.69, 9.17) is 0 Å². The second kappa shape index (κ2) is 5.69. The Kier molecular flexibility index (Phi) is 4.25. The normalized spacial score (nSPS) is 9.81. The summed E-state index contributed by atoms with van der Waals surface area (Å²) in [6.07, 6.45) is 2.11. The third kappa shape index (κ3) is 3.23. The summed E-state index contributed by atoms with van der Waals surface area (Å²) < 4.78 is 0. The molecule has 16 heavy (non-hydrogen) atoms. The van der Waals surface area contributed by atoms with Crippen molar-refractivity contribution >= 4 is 17.4 Å². The van der Waals surface area contributed by atoms with E-state index in [-0.39, 0.29) is 24.0 Å². The van der Waals surface area contributed by atoms with Gasteiger partial charge in [-0.1, -0.05) is 12.0 Å². The Morgan fingerprint density at radius 1 is 1.69 bits per heavy atom. The minimum atomic E-state index is -0.598. The molecule has 0 fully saturated rings. The molecule has 8 heteroatoms. The highest BCUT2D eigenvalue weighted by Crippen LogP contribution is 2.18. The van der Waals surface area contributed by atoms with Gasteiger partial charge < -0.3 is 20.7 Å². The molecule has 0 unspecified atom stereocenters. The number of carbonyl (C=O) groups excluding carboxylic acids is 1. The highest BCUT2D eigenvalue weighted by Gasteiger charge is 2.14. The average molecular weight is 227 g/mol. The molecule has 1 aromatic rings. The fourth-order valence-corrected chi connectivity index (χ4v) is 1.05. The number of nitro groups is 1. The fourth-order valence-electron chi connectivity index (χ4n) is 1.05. The predicted octanol–water partition coefficient (Wildman–Crippen LogP) is 0.256. The number of hydrogen-bond acceptors (Lipinski definition) is 5. The van der Waals surface area contributed by atoms with Gasteiger partial charge in [0.15, 0.2) is 5.69 Å². The molecule has 0 bridgehead atoms. The topological polar surface area (TPSA) is 113 Å². The number of rotatable bonds is 6. The molecule has 0 saturated carbocycles. The summed E-state index contributed by atoms with van der Waals surface area (Å²) in [6.45, 7) is 2.52. The lowest BCUT2D eigenvalue weighted by molar-refractivity contribution is -0.388. The van der Waals surface area contributed by atoms with E-state index in [1.165, 1.54) is 6.20 Å². The minimum absolute atomic E-state index is 0.0135. The van der Waals surface area contributed by atoms with Gasteiger partial charge in [0.05, 0.1) is 6.54 Å². The van der Waals surface area contributed by atoms with Crippen LogP contribution in [-0.2, 0) is 4.79 Å². The van der Waals surface area contributed by atoms with Gasteiger partial charge in [-0.15, -0.1) is 5.10 Å². The van der Waals surface area contributed by atoms with Crippen molar-refractivity contribution in [2.24, 2.45) is 0 Å². The Bertz CT molecular complexity index is 376. The second-order valence-corrected chi connectivity index (χ2v) is 3.09. The third-order valence-electron chi connectivity index (χ3n) is 1.81. The summed E-state index contributed by atoms with van der Waals surface area (Å²) in [5, 5.41) is 21.5. The minimum Gasteiger partial charge on any atom is -0.368 e. The SMILES string of the molecule is CCCNC(=O)CNc1cn[nH]c1[N+](=O)[O-]. The van der Waals surface area contributed by atoms with Crippen molar-refractivity contribution in [1.82, 2.24) is 15.5 Å². The van der Waals surface area contributed by atoms with Crippen molar-refractivity contribution < 1.29 is 9.72 Å². The van der Waals surface area contributed by atoms with Crippen LogP contribution in [0.1, 0.15) is 13.3 Å². The van der Waals surface area contributed by atoms with Crippen molar-refractivity contribution in [2.75, 3.05) is 18.4 Å². The summed E-state index contributed by atoms with van der Waals surface area (Å²) in [5.74, 6) is -0.458. The first-order valence-corrected chi connectivity index (χ1v) is 4.83. The molecule has 0 aliphatic carbocycles. The van der Waals surface area contributed by atoms with Crippen LogP contribution < -0.4 is 10.6 Å². The molecule has 0 saturated heterocycles. The lowest BCUT2D eigenvalue weighted by atomic mass is 10.4. The molecular weight excluding hydrogens is 214 g/mol. The molecule has 8 nitrogen and oxygen atoms in total. The summed E-state index contributed by atoms with van der Waals surface area (Å²) >= 11 is 0. The van der Waals surface area contributed by atoms with E-state index in [1.807, 2.05) is 6.92 Å². The Labute approximate surface area is 91.6 Å². The van der Waals surface area contributed by atoms with Gasteiger partial charge >= 0.3 is 5.82 Å². The zero-order valence-corrected chi connectivity index (χ0v) is 8.82. The predicted molar refractivity (Wildman–Crippen MR) is 57.0 cm³/mol. The van der Waals surface area contributed by atoms with Crippen LogP contribution in [0.5, 0.6) is 0 Å². The number of aromatic nitrogens is 2. The van der Waals surface area contributed by atoms with Gasteiger partial charge in [-0.2, -0.15) is 0 Å².